The van der Waals surface area contributed by atoms with Crippen molar-refractivity contribution in [2.45, 2.75) is 12.8 Å². The maximum absolute atomic E-state index is 4.96. The van der Waals surface area contributed by atoms with Crippen LogP contribution in [0.25, 0.3) is 10.9 Å². The molecule has 0 aliphatic heterocycles. The summed E-state index contributed by atoms with van der Waals surface area (Å²) >= 11 is 0. The molecule has 1 saturated carbocycles. The number of hydrogen-bond acceptors (Lipinski definition) is 3. The molecule has 1 aliphatic carbocycles. The Balaban J connectivity index is 1.86. The summed E-state index contributed by atoms with van der Waals surface area (Å²) in [4.78, 5) is 4.56. The van der Waals surface area contributed by atoms with Gasteiger partial charge in [0, 0.05) is 18.0 Å². The number of nitrogens with one attached hydrogen (secondary N) is 1. The second-order valence-electron chi connectivity index (χ2n) is 4.52. The molecule has 0 saturated heterocycles. The number of nitrogens with zero attached hydrogens (tertiary/aromatic N) is 1. The molecule has 0 amide bonds. The van der Waals surface area contributed by atoms with Crippen molar-refractivity contribution in [3.05, 3.63) is 37.4 Å². The average Bonchev–Trinajstić information content (AvgIpc) is 3.19. The monoisotopic (exact) mass is 227 g/mol. The minimum atomic E-state index is 0.740. The largest absolute Gasteiger partial charge is 0.490 e. The fourth-order valence-corrected chi connectivity index (χ4v) is 1.86. The van der Waals surface area contributed by atoms with Crippen LogP contribution in [-0.4, -0.2) is 11.5 Å². The van der Waals surface area contributed by atoms with Crippen molar-refractivity contribution < 1.29 is 4.74 Å². The lowest BCUT2D eigenvalue weighted by Crippen LogP contribution is -2.04. The van der Waals surface area contributed by atoms with Crippen molar-refractivity contribution in [1.29, 1.82) is 0 Å². The van der Waals surface area contributed by atoms with E-state index < -0.39 is 0 Å². The summed E-state index contributed by atoms with van der Waals surface area (Å²) < 4.78 is 4.96. The zero-order valence-corrected chi connectivity index (χ0v) is 9.65. The highest BCUT2D eigenvalue weighted by atomic mass is 16.5. The molecule has 1 aliphatic rings. The first kappa shape index (κ1) is 10.4. The molecule has 1 N–H and O–H groups in total. The Kier molecular flexibility index (Phi) is 2.59. The van der Waals surface area contributed by atoms with Gasteiger partial charge in [0.25, 0.3) is 0 Å². The molecule has 2 aromatic rings. The summed E-state index contributed by atoms with van der Waals surface area (Å²) in [6, 6.07) is 9.90. The van der Waals surface area contributed by atoms with E-state index in [2.05, 4.69) is 23.5 Å². The molecule has 3 nitrogen and oxygen atoms in total. The molecule has 17 heavy (non-hydrogen) atoms. The van der Waals surface area contributed by atoms with Crippen molar-refractivity contribution in [1.82, 2.24) is 4.98 Å². The van der Waals surface area contributed by atoms with E-state index in [1.165, 1.54) is 12.8 Å². The first-order chi connectivity index (χ1) is 8.35. The van der Waals surface area contributed by atoms with Crippen molar-refractivity contribution in [3.8, 4) is 5.75 Å². The Hall–Kier alpha value is -1.77. The Bertz CT molecular complexity index is 535. The summed E-state index contributed by atoms with van der Waals surface area (Å²) in [6.45, 7) is 1.03. The van der Waals surface area contributed by atoms with E-state index >= 15 is 0 Å². The van der Waals surface area contributed by atoms with Crippen LogP contribution in [0.3, 0.4) is 0 Å². The lowest BCUT2D eigenvalue weighted by Gasteiger charge is -2.06. The second-order valence-corrected chi connectivity index (χ2v) is 4.52. The number of pyridine rings is 1. The van der Waals surface area contributed by atoms with E-state index in [1.807, 2.05) is 24.3 Å². The van der Waals surface area contributed by atoms with Gasteiger partial charge in [0.1, 0.15) is 18.7 Å². The SMILES string of the molecule is [CH2]Oc1ccc2ccc(NCC3CC3)nc2c1. The third-order valence-corrected chi connectivity index (χ3v) is 3.10. The summed E-state index contributed by atoms with van der Waals surface area (Å²) in [5, 5.41) is 4.48. The van der Waals surface area contributed by atoms with Gasteiger partial charge in [0.15, 0.2) is 0 Å². The van der Waals surface area contributed by atoms with Gasteiger partial charge in [-0.3, -0.25) is 0 Å². The maximum Gasteiger partial charge on any atom is 0.126 e. The standard InChI is InChI=1S/C14H15N2O/c1-17-12-6-4-11-5-7-14(16-13(11)8-12)15-9-10-2-3-10/h4-8,10H,1-3,9H2,(H,15,16). The van der Waals surface area contributed by atoms with E-state index in [0.29, 0.717) is 0 Å². The van der Waals surface area contributed by atoms with Gasteiger partial charge < -0.3 is 10.1 Å². The molecule has 0 bridgehead atoms. The first-order valence-corrected chi connectivity index (χ1v) is 5.92. The van der Waals surface area contributed by atoms with E-state index in [0.717, 1.165) is 34.9 Å². The van der Waals surface area contributed by atoms with E-state index in [4.69, 9.17) is 4.74 Å². The minimum Gasteiger partial charge on any atom is -0.490 e. The van der Waals surface area contributed by atoms with Gasteiger partial charge in [-0.25, -0.2) is 4.98 Å². The van der Waals surface area contributed by atoms with Gasteiger partial charge in [-0.05, 0) is 43.0 Å². The highest BCUT2D eigenvalue weighted by Gasteiger charge is 2.20. The predicted octanol–water partition coefficient (Wildman–Crippen LogP) is 3.23. The highest BCUT2D eigenvalue weighted by Crippen LogP contribution is 2.29. The molecule has 3 heteroatoms. The fourth-order valence-electron chi connectivity index (χ4n) is 1.86. The number of anilines is 1. The van der Waals surface area contributed by atoms with Crippen LogP contribution in [0.1, 0.15) is 12.8 Å². The van der Waals surface area contributed by atoms with Crippen LogP contribution in [0.4, 0.5) is 5.82 Å². The van der Waals surface area contributed by atoms with Gasteiger partial charge in [-0.1, -0.05) is 0 Å². The molecule has 1 radical (unpaired) electrons. The van der Waals surface area contributed by atoms with Crippen LogP contribution in [0, 0.1) is 13.0 Å². The van der Waals surface area contributed by atoms with Crippen LogP contribution in [0.2, 0.25) is 0 Å². The highest BCUT2D eigenvalue weighted by molar-refractivity contribution is 5.81. The Morgan fingerprint density at radius 3 is 2.88 bits per heavy atom. The molecule has 0 atom stereocenters. The normalized spacial score (nSPS) is 14.9. The molecule has 1 aromatic carbocycles. The summed E-state index contributed by atoms with van der Waals surface area (Å²) in [7, 11) is 3.41. The average molecular weight is 227 g/mol. The maximum atomic E-state index is 4.96. The van der Waals surface area contributed by atoms with Crippen LogP contribution in [0.15, 0.2) is 30.3 Å². The molecular formula is C14H15N2O. The summed E-state index contributed by atoms with van der Waals surface area (Å²) in [5.41, 5.74) is 0.937. The molecule has 1 aromatic heterocycles. The lowest BCUT2D eigenvalue weighted by atomic mass is 10.2. The number of fused-ring (bicyclic) bond motifs is 1. The molecule has 0 unspecified atom stereocenters. The number of ether oxygens (including phenoxy) is 1. The summed E-state index contributed by atoms with van der Waals surface area (Å²) in [5.74, 6) is 2.52. The molecule has 1 fully saturated rings. The Morgan fingerprint density at radius 1 is 1.29 bits per heavy atom. The number of hydrogen-bond donors (Lipinski definition) is 1. The van der Waals surface area contributed by atoms with E-state index in [9.17, 15) is 0 Å². The van der Waals surface area contributed by atoms with Crippen LogP contribution in [0.5, 0.6) is 5.75 Å². The van der Waals surface area contributed by atoms with Gasteiger partial charge in [0.05, 0.1) is 5.52 Å². The number of rotatable bonds is 4. The minimum absolute atomic E-state index is 0.740. The number of benzene rings is 1. The van der Waals surface area contributed by atoms with Gasteiger partial charge in [0.2, 0.25) is 0 Å². The fraction of sp³-hybridized carbons (Fsp3) is 0.286. The zero-order chi connectivity index (χ0) is 11.7. The molecule has 3 rings (SSSR count). The summed E-state index contributed by atoms with van der Waals surface area (Å²) in [6.07, 6.45) is 2.69. The van der Waals surface area contributed by atoms with Gasteiger partial charge >= 0.3 is 0 Å². The first-order valence-electron chi connectivity index (χ1n) is 5.92. The topological polar surface area (TPSA) is 34.1 Å². The van der Waals surface area contributed by atoms with Crippen LogP contribution in [-0.2, 0) is 0 Å². The third-order valence-electron chi connectivity index (χ3n) is 3.10. The smallest absolute Gasteiger partial charge is 0.126 e. The van der Waals surface area contributed by atoms with Crippen LogP contribution >= 0.6 is 0 Å². The van der Waals surface area contributed by atoms with Crippen LogP contribution < -0.4 is 10.1 Å². The van der Waals surface area contributed by atoms with Crippen molar-refractivity contribution in [2.75, 3.05) is 11.9 Å². The molecular weight excluding hydrogens is 212 g/mol. The third kappa shape index (κ3) is 2.33. The van der Waals surface area contributed by atoms with Gasteiger partial charge in [-0.2, -0.15) is 0 Å². The quantitative estimate of drug-likeness (QED) is 0.870. The Labute approximate surface area is 101 Å². The molecule has 1 heterocycles. The number of aromatic nitrogens is 1. The zero-order valence-electron chi connectivity index (χ0n) is 9.65. The van der Waals surface area contributed by atoms with E-state index in [1.54, 1.807) is 0 Å². The predicted molar refractivity (Wildman–Crippen MR) is 68.9 cm³/mol. The van der Waals surface area contributed by atoms with Gasteiger partial charge in [-0.15, -0.1) is 0 Å². The van der Waals surface area contributed by atoms with E-state index in [-0.39, 0.29) is 0 Å². The second kappa shape index (κ2) is 4.24. The molecule has 87 valence electrons. The lowest BCUT2D eigenvalue weighted by molar-refractivity contribution is 0.473. The van der Waals surface area contributed by atoms with Crippen molar-refractivity contribution >= 4 is 16.7 Å². The molecule has 0 spiro atoms. The van der Waals surface area contributed by atoms with Crippen molar-refractivity contribution in [2.24, 2.45) is 5.92 Å². The Morgan fingerprint density at radius 2 is 2.12 bits per heavy atom. The van der Waals surface area contributed by atoms with Crippen molar-refractivity contribution in [3.63, 3.8) is 0 Å².